The normalized spacial score (nSPS) is 16.6. The van der Waals surface area contributed by atoms with Gasteiger partial charge in [-0.3, -0.25) is 4.79 Å². The molecule has 0 unspecified atom stereocenters. The van der Waals surface area contributed by atoms with E-state index in [-0.39, 0.29) is 0 Å². The molecule has 31 heavy (non-hydrogen) atoms. The lowest BCUT2D eigenvalue weighted by Gasteiger charge is -2.29. The number of nitrogens with one attached hydrogen (secondary N) is 1. The number of hydrogen-bond acceptors (Lipinski definition) is 8. The molecule has 0 atom stereocenters. The maximum atomic E-state index is 11.0. The van der Waals surface area contributed by atoms with Gasteiger partial charge in [-0.15, -0.1) is 0 Å². The van der Waals surface area contributed by atoms with Crippen molar-refractivity contribution in [2.45, 2.75) is 35.9 Å². The summed E-state index contributed by atoms with van der Waals surface area (Å²) in [4.78, 5) is 27.2. The van der Waals surface area contributed by atoms with Crippen LogP contribution >= 0.6 is 11.8 Å². The lowest BCUT2D eigenvalue weighted by Crippen LogP contribution is -2.32. The monoisotopic (exact) mass is 439 g/mol. The number of nitrogens with two attached hydrogens (primary N) is 1. The van der Waals surface area contributed by atoms with Crippen molar-refractivity contribution < 1.29 is 9.53 Å². The molecule has 1 saturated heterocycles. The molecule has 10 heteroatoms. The fourth-order valence-corrected chi connectivity index (χ4v) is 5.09. The number of anilines is 2. The van der Waals surface area contributed by atoms with Gasteiger partial charge in [0.05, 0.1) is 5.69 Å². The van der Waals surface area contributed by atoms with E-state index in [1.54, 1.807) is 11.8 Å². The molecule has 2 aliphatic rings. The number of hydrogen-bond donors (Lipinski definition) is 2. The maximum Gasteiger partial charge on any atom is 0.209 e. The second-order valence-corrected chi connectivity index (χ2v) is 8.93. The summed E-state index contributed by atoms with van der Waals surface area (Å²) in [5.41, 5.74) is 8.50. The maximum absolute atomic E-state index is 11.0. The number of carbonyl (C=O) groups is 1. The van der Waals surface area contributed by atoms with Crippen LogP contribution < -0.4 is 15.8 Å². The van der Waals surface area contributed by atoms with Crippen LogP contribution in [0.4, 0.5) is 11.5 Å². The van der Waals surface area contributed by atoms with Gasteiger partial charge in [-0.05, 0) is 43.4 Å². The molecule has 2 aromatic heterocycles. The van der Waals surface area contributed by atoms with Crippen molar-refractivity contribution >= 4 is 40.8 Å². The summed E-state index contributed by atoms with van der Waals surface area (Å²) in [6, 6.07) is 6.15. The van der Waals surface area contributed by atoms with Crippen LogP contribution in [0.3, 0.4) is 0 Å². The summed E-state index contributed by atoms with van der Waals surface area (Å²) >= 11 is 1.58. The van der Waals surface area contributed by atoms with Crippen molar-refractivity contribution in [3.63, 3.8) is 0 Å². The first kappa shape index (κ1) is 19.9. The van der Waals surface area contributed by atoms with Gasteiger partial charge in [0, 0.05) is 31.1 Å². The summed E-state index contributed by atoms with van der Waals surface area (Å²) < 4.78 is 7.92. The number of carbonyl (C=O) groups excluding carboxylic acids is 1. The van der Waals surface area contributed by atoms with Gasteiger partial charge in [0.1, 0.15) is 18.7 Å². The number of aryl methyl sites for hydroxylation is 1. The van der Waals surface area contributed by atoms with Crippen molar-refractivity contribution in [1.82, 2.24) is 24.4 Å². The van der Waals surface area contributed by atoms with E-state index < -0.39 is 0 Å². The number of nitrogen functional groups attached to an aromatic ring is 1. The van der Waals surface area contributed by atoms with E-state index in [1.165, 1.54) is 6.33 Å². The Bertz CT molecular complexity index is 1090. The highest BCUT2D eigenvalue weighted by molar-refractivity contribution is 7.99. The van der Waals surface area contributed by atoms with Crippen molar-refractivity contribution in [3.8, 4) is 5.75 Å². The van der Waals surface area contributed by atoms with E-state index in [4.69, 9.17) is 15.5 Å². The first-order chi connectivity index (χ1) is 15.2. The molecule has 1 fully saturated rings. The van der Waals surface area contributed by atoms with Crippen LogP contribution in [0.5, 0.6) is 5.75 Å². The van der Waals surface area contributed by atoms with E-state index >= 15 is 0 Å². The Labute approximate surface area is 184 Å². The molecule has 9 nitrogen and oxygen atoms in total. The zero-order chi connectivity index (χ0) is 21.2. The number of fused-ring (bicyclic) bond motifs is 2. The van der Waals surface area contributed by atoms with Crippen molar-refractivity contribution in [3.05, 3.63) is 24.5 Å². The van der Waals surface area contributed by atoms with E-state index in [1.807, 2.05) is 17.0 Å². The Morgan fingerprint density at radius 3 is 3.00 bits per heavy atom. The molecule has 1 amide bonds. The second kappa shape index (κ2) is 8.62. The summed E-state index contributed by atoms with van der Waals surface area (Å²) in [5.74, 6) is 1.83. The zero-order valence-corrected chi connectivity index (χ0v) is 18.0. The largest absolute Gasteiger partial charge is 0.490 e. The molecule has 5 rings (SSSR count). The minimum Gasteiger partial charge on any atom is -0.490 e. The molecule has 0 bridgehead atoms. The van der Waals surface area contributed by atoms with Gasteiger partial charge in [0.25, 0.3) is 0 Å². The molecule has 0 saturated carbocycles. The fourth-order valence-electron chi connectivity index (χ4n) is 4.16. The number of rotatable bonds is 6. The quantitative estimate of drug-likeness (QED) is 0.564. The summed E-state index contributed by atoms with van der Waals surface area (Å²) in [6.07, 6.45) is 5.50. The van der Waals surface area contributed by atoms with Gasteiger partial charge in [0.2, 0.25) is 6.41 Å². The van der Waals surface area contributed by atoms with E-state index in [9.17, 15) is 4.79 Å². The third-order valence-corrected chi connectivity index (χ3v) is 6.91. The van der Waals surface area contributed by atoms with Crippen LogP contribution in [0.25, 0.3) is 11.2 Å². The molecule has 3 N–H and O–H groups in total. The average molecular weight is 440 g/mol. The van der Waals surface area contributed by atoms with Gasteiger partial charge < -0.3 is 25.3 Å². The molecule has 0 spiro atoms. The second-order valence-electron chi connectivity index (χ2n) is 7.89. The van der Waals surface area contributed by atoms with Crippen LogP contribution in [0, 0.1) is 5.92 Å². The van der Waals surface area contributed by atoms with Crippen LogP contribution in [0.1, 0.15) is 19.3 Å². The number of ether oxygens (including phenoxy) is 1. The topological polar surface area (TPSA) is 111 Å². The Morgan fingerprint density at radius 2 is 2.16 bits per heavy atom. The number of aromatic nitrogens is 4. The number of benzene rings is 1. The molecule has 2 aliphatic heterocycles. The van der Waals surface area contributed by atoms with Crippen LogP contribution in [0.15, 0.2) is 34.6 Å². The predicted molar refractivity (Wildman–Crippen MR) is 119 cm³/mol. The predicted octanol–water partition coefficient (Wildman–Crippen LogP) is 2.62. The van der Waals surface area contributed by atoms with E-state index in [2.05, 4.69) is 25.9 Å². The van der Waals surface area contributed by atoms with Crippen molar-refractivity contribution in [2.24, 2.45) is 5.92 Å². The minimum atomic E-state index is 0.392. The molecular weight excluding hydrogens is 414 g/mol. The summed E-state index contributed by atoms with van der Waals surface area (Å²) in [7, 11) is 0. The number of piperidine rings is 1. The summed E-state index contributed by atoms with van der Waals surface area (Å²) in [5, 5.41) is 4.19. The lowest BCUT2D eigenvalue weighted by molar-refractivity contribution is -0.119. The minimum absolute atomic E-state index is 0.392. The molecule has 162 valence electrons. The molecule has 0 radical (unpaired) electrons. The number of likely N-dealkylation sites (tertiary alicyclic amines) is 1. The fraction of sp³-hybridized carbons (Fsp3) is 0.429. The highest BCUT2D eigenvalue weighted by atomic mass is 32.2. The van der Waals surface area contributed by atoms with Gasteiger partial charge in [-0.1, -0.05) is 11.8 Å². The molecule has 0 aliphatic carbocycles. The van der Waals surface area contributed by atoms with Crippen molar-refractivity contribution in [2.75, 3.05) is 37.3 Å². The molecular formula is C21H25N7O2S. The Kier molecular flexibility index (Phi) is 5.54. The lowest BCUT2D eigenvalue weighted by atomic mass is 9.94. The highest BCUT2D eigenvalue weighted by Crippen LogP contribution is 2.36. The standard InChI is InChI=1S/C21H25N7O2S/c22-19-18-20(25-12-24-19)28(9-5-14-3-7-27(13-29)8-4-14)21(26-18)31-15-1-2-16-17(11-15)30-10-6-23-16/h1-2,11-14,23H,3-10H2,(H2,22,24,25). The smallest absolute Gasteiger partial charge is 0.209 e. The number of nitrogens with zero attached hydrogens (tertiary/aromatic N) is 5. The van der Waals surface area contributed by atoms with Gasteiger partial charge in [-0.2, -0.15) is 0 Å². The molecule has 3 aromatic rings. The Hall–Kier alpha value is -3.01. The Morgan fingerprint density at radius 1 is 1.29 bits per heavy atom. The SMILES string of the molecule is Nc1ncnc2c1nc(Sc1ccc3c(c1)OCCN3)n2CCC1CCN(C=O)CC1. The molecule has 4 heterocycles. The van der Waals surface area contributed by atoms with Crippen LogP contribution in [0.2, 0.25) is 0 Å². The number of imidazole rings is 1. The van der Waals surface area contributed by atoms with E-state index in [0.29, 0.717) is 23.9 Å². The Balaban J connectivity index is 1.40. The summed E-state index contributed by atoms with van der Waals surface area (Å²) in [6.45, 7) is 3.94. The van der Waals surface area contributed by atoms with Gasteiger partial charge in [0.15, 0.2) is 22.1 Å². The van der Waals surface area contributed by atoms with Gasteiger partial charge in [-0.25, -0.2) is 15.0 Å². The zero-order valence-electron chi connectivity index (χ0n) is 17.2. The first-order valence-electron chi connectivity index (χ1n) is 10.6. The van der Waals surface area contributed by atoms with Crippen LogP contribution in [-0.4, -0.2) is 57.1 Å². The van der Waals surface area contributed by atoms with E-state index in [0.717, 1.165) is 79.0 Å². The third-order valence-electron chi connectivity index (χ3n) is 5.92. The third kappa shape index (κ3) is 4.12. The van der Waals surface area contributed by atoms with Crippen LogP contribution in [-0.2, 0) is 11.3 Å². The molecule has 1 aromatic carbocycles. The highest BCUT2D eigenvalue weighted by Gasteiger charge is 2.21. The first-order valence-corrected chi connectivity index (χ1v) is 11.4. The average Bonchev–Trinajstić information content (AvgIpc) is 3.16. The number of amides is 1. The van der Waals surface area contributed by atoms with Gasteiger partial charge >= 0.3 is 0 Å². The van der Waals surface area contributed by atoms with Crippen molar-refractivity contribution in [1.29, 1.82) is 0 Å².